The van der Waals surface area contributed by atoms with Gasteiger partial charge in [0.05, 0.1) is 0 Å². The minimum atomic E-state index is -0.0237. The minimum absolute atomic E-state index is 0.0237. The van der Waals surface area contributed by atoms with Crippen LogP contribution in [0.2, 0.25) is 0 Å². The Morgan fingerprint density at radius 2 is 2.00 bits per heavy atom. The fourth-order valence-corrected chi connectivity index (χ4v) is 1.54. The van der Waals surface area contributed by atoms with Crippen LogP contribution in [-0.4, -0.2) is 5.11 Å². The third-order valence-corrected chi connectivity index (χ3v) is 2.50. The Morgan fingerprint density at radius 3 is 2.50 bits per heavy atom. The number of halogens is 1. The molecule has 1 N–H and O–H groups in total. The summed E-state index contributed by atoms with van der Waals surface area (Å²) in [5.41, 5.74) is 0.482. The van der Waals surface area contributed by atoms with Crippen LogP contribution in [0.15, 0.2) is 23.8 Å². The molecule has 0 radical (unpaired) electrons. The Bertz CT molecular complexity index is 430. The maximum absolute atomic E-state index is 9.46. The number of hydrogen-bond acceptors (Lipinski definition) is 3. The Hall–Kier alpha value is -1.53. The predicted molar refractivity (Wildman–Crippen MR) is 60.0 cm³/mol. The first kappa shape index (κ1) is 10.6. The Balaban J connectivity index is 3.30. The van der Waals surface area contributed by atoms with Crippen molar-refractivity contribution in [2.45, 2.75) is 0 Å². The molecule has 1 rings (SSSR count). The SMILES string of the molecule is N#CC(C#N)=Cc1c(O)cccc1I. The molecule has 14 heavy (non-hydrogen) atoms. The summed E-state index contributed by atoms with van der Waals surface area (Å²) in [6.45, 7) is 0. The van der Waals surface area contributed by atoms with Gasteiger partial charge in [-0.1, -0.05) is 6.07 Å². The molecule has 0 bridgehead atoms. The molecule has 0 amide bonds. The molecule has 0 atom stereocenters. The maximum atomic E-state index is 9.46. The van der Waals surface area contributed by atoms with Gasteiger partial charge in [-0.3, -0.25) is 0 Å². The monoisotopic (exact) mass is 296 g/mol. The average Bonchev–Trinajstić information content (AvgIpc) is 2.18. The molecule has 0 fully saturated rings. The highest BCUT2D eigenvalue weighted by Crippen LogP contribution is 2.24. The summed E-state index contributed by atoms with van der Waals surface area (Å²) in [4.78, 5) is 0. The van der Waals surface area contributed by atoms with Crippen LogP contribution in [0.3, 0.4) is 0 Å². The van der Waals surface area contributed by atoms with Crippen molar-refractivity contribution in [2.75, 3.05) is 0 Å². The first-order valence-corrected chi connectivity index (χ1v) is 4.76. The van der Waals surface area contributed by atoms with E-state index in [9.17, 15) is 5.11 Å². The molecule has 0 saturated carbocycles. The van der Waals surface area contributed by atoms with E-state index in [0.29, 0.717) is 5.56 Å². The molecule has 68 valence electrons. The zero-order valence-corrected chi connectivity index (χ0v) is 9.19. The molecular formula is C10H5IN2O. The molecule has 1 aromatic carbocycles. The molecule has 0 aliphatic heterocycles. The van der Waals surface area contributed by atoms with Gasteiger partial charge in [-0.25, -0.2) is 0 Å². The standard InChI is InChI=1S/C10H5IN2O/c11-9-2-1-3-10(14)8(9)4-7(5-12)6-13/h1-4,14H. The van der Waals surface area contributed by atoms with E-state index in [-0.39, 0.29) is 11.3 Å². The van der Waals surface area contributed by atoms with Crippen molar-refractivity contribution in [3.05, 3.63) is 32.9 Å². The number of benzene rings is 1. The Kier molecular flexibility index (Phi) is 3.49. The Labute approximate surface area is 95.0 Å². The highest BCUT2D eigenvalue weighted by molar-refractivity contribution is 14.1. The van der Waals surface area contributed by atoms with Crippen LogP contribution in [0.5, 0.6) is 5.75 Å². The number of aromatic hydroxyl groups is 1. The lowest BCUT2D eigenvalue weighted by molar-refractivity contribution is 0.473. The topological polar surface area (TPSA) is 67.8 Å². The van der Waals surface area contributed by atoms with E-state index in [1.165, 1.54) is 12.1 Å². The number of phenolic OH excluding ortho intramolecular Hbond substituents is 1. The fraction of sp³-hybridized carbons (Fsp3) is 0. The van der Waals surface area contributed by atoms with Crippen molar-refractivity contribution in [3.63, 3.8) is 0 Å². The van der Waals surface area contributed by atoms with E-state index in [4.69, 9.17) is 10.5 Å². The summed E-state index contributed by atoms with van der Waals surface area (Å²) in [6, 6.07) is 8.49. The number of allylic oxidation sites excluding steroid dienone is 1. The number of hydrogen-bond donors (Lipinski definition) is 1. The third kappa shape index (κ3) is 2.24. The van der Waals surface area contributed by atoms with Gasteiger partial charge >= 0.3 is 0 Å². The highest BCUT2D eigenvalue weighted by Gasteiger charge is 2.03. The zero-order valence-electron chi connectivity index (χ0n) is 7.03. The molecular weight excluding hydrogens is 291 g/mol. The Morgan fingerprint density at radius 1 is 1.36 bits per heavy atom. The quantitative estimate of drug-likeness (QED) is 0.639. The van der Waals surface area contributed by atoms with Gasteiger partial charge in [0.25, 0.3) is 0 Å². The van der Waals surface area contributed by atoms with Crippen molar-refractivity contribution < 1.29 is 5.11 Å². The summed E-state index contributed by atoms with van der Waals surface area (Å²) in [6.07, 6.45) is 1.37. The number of nitrogens with zero attached hydrogens (tertiary/aromatic N) is 2. The second-order valence-corrected chi connectivity index (χ2v) is 3.62. The smallest absolute Gasteiger partial charge is 0.130 e. The highest BCUT2D eigenvalue weighted by atomic mass is 127. The van der Waals surface area contributed by atoms with Crippen LogP contribution in [0, 0.1) is 26.2 Å². The first-order chi connectivity index (χ1) is 6.69. The summed E-state index contributed by atoms with van der Waals surface area (Å²) in [5.74, 6) is 0.0694. The minimum Gasteiger partial charge on any atom is -0.507 e. The van der Waals surface area contributed by atoms with E-state index < -0.39 is 0 Å². The molecule has 0 heterocycles. The van der Waals surface area contributed by atoms with Crippen molar-refractivity contribution in [1.82, 2.24) is 0 Å². The van der Waals surface area contributed by atoms with Gasteiger partial charge in [-0.05, 0) is 40.8 Å². The molecule has 0 aliphatic rings. The second kappa shape index (κ2) is 4.64. The third-order valence-electron chi connectivity index (χ3n) is 1.56. The fourth-order valence-electron chi connectivity index (χ4n) is 0.902. The van der Waals surface area contributed by atoms with Gasteiger partial charge in [0, 0.05) is 9.13 Å². The van der Waals surface area contributed by atoms with Gasteiger partial charge < -0.3 is 5.11 Å². The lowest BCUT2D eigenvalue weighted by Crippen LogP contribution is -1.82. The lowest BCUT2D eigenvalue weighted by atomic mass is 10.1. The molecule has 4 heteroatoms. The molecule has 0 saturated heterocycles. The molecule has 0 aliphatic carbocycles. The van der Waals surface area contributed by atoms with E-state index in [1.807, 2.05) is 22.6 Å². The van der Waals surface area contributed by atoms with Crippen LogP contribution >= 0.6 is 22.6 Å². The molecule has 0 unspecified atom stereocenters. The predicted octanol–water partition coefficient (Wildman–Crippen LogP) is 2.43. The maximum Gasteiger partial charge on any atom is 0.130 e. The summed E-state index contributed by atoms with van der Waals surface area (Å²) in [5, 5.41) is 26.6. The van der Waals surface area contributed by atoms with E-state index >= 15 is 0 Å². The number of nitriles is 2. The molecule has 3 nitrogen and oxygen atoms in total. The van der Waals surface area contributed by atoms with Crippen LogP contribution in [-0.2, 0) is 0 Å². The second-order valence-electron chi connectivity index (χ2n) is 2.45. The molecule has 0 aromatic heterocycles. The zero-order chi connectivity index (χ0) is 10.6. The van der Waals surface area contributed by atoms with E-state index in [1.54, 1.807) is 24.3 Å². The summed E-state index contributed by atoms with van der Waals surface area (Å²) in [7, 11) is 0. The van der Waals surface area contributed by atoms with Gasteiger partial charge in [0.15, 0.2) is 0 Å². The normalized spacial score (nSPS) is 8.50. The van der Waals surface area contributed by atoms with Crippen LogP contribution in [0.1, 0.15) is 5.56 Å². The van der Waals surface area contributed by atoms with Crippen molar-refractivity contribution >= 4 is 28.7 Å². The molecule has 1 aromatic rings. The summed E-state index contributed by atoms with van der Waals surface area (Å²) < 4.78 is 0.797. The van der Waals surface area contributed by atoms with Crippen LogP contribution < -0.4 is 0 Å². The van der Waals surface area contributed by atoms with Crippen LogP contribution in [0.25, 0.3) is 6.08 Å². The van der Waals surface area contributed by atoms with Crippen molar-refractivity contribution in [3.8, 4) is 17.9 Å². The van der Waals surface area contributed by atoms with Crippen molar-refractivity contribution in [1.29, 1.82) is 10.5 Å². The molecule has 0 spiro atoms. The first-order valence-electron chi connectivity index (χ1n) is 3.68. The van der Waals surface area contributed by atoms with Gasteiger partial charge in [-0.2, -0.15) is 10.5 Å². The average molecular weight is 296 g/mol. The van der Waals surface area contributed by atoms with Crippen molar-refractivity contribution in [2.24, 2.45) is 0 Å². The van der Waals surface area contributed by atoms with Gasteiger partial charge in [0.1, 0.15) is 23.5 Å². The van der Waals surface area contributed by atoms with Crippen LogP contribution in [0.4, 0.5) is 0 Å². The summed E-state index contributed by atoms with van der Waals surface area (Å²) >= 11 is 2.03. The van der Waals surface area contributed by atoms with E-state index in [0.717, 1.165) is 3.57 Å². The largest absolute Gasteiger partial charge is 0.507 e. The van der Waals surface area contributed by atoms with E-state index in [2.05, 4.69) is 0 Å². The van der Waals surface area contributed by atoms with Gasteiger partial charge in [-0.15, -0.1) is 0 Å². The number of rotatable bonds is 1. The van der Waals surface area contributed by atoms with Gasteiger partial charge in [0.2, 0.25) is 0 Å². The number of phenols is 1. The lowest BCUT2D eigenvalue weighted by Gasteiger charge is -2.00.